The Morgan fingerprint density at radius 1 is 0.900 bits per heavy atom. The molecule has 0 aromatic heterocycles. The number of hydrogen-bond donors (Lipinski definition) is 3. The third kappa shape index (κ3) is 7.20. The molecule has 3 amide bonds. The molecule has 0 aliphatic heterocycles. The molecule has 0 spiro atoms. The van der Waals surface area contributed by atoms with Crippen molar-refractivity contribution in [2.24, 2.45) is 5.92 Å². The third-order valence-electron chi connectivity index (χ3n) is 4.28. The van der Waals surface area contributed by atoms with E-state index >= 15 is 0 Å². The summed E-state index contributed by atoms with van der Waals surface area (Å²) in [6.07, 6.45) is -0.785. The molecule has 2 atom stereocenters. The predicted octanol–water partition coefficient (Wildman–Crippen LogP) is 2.12. The molecule has 0 aliphatic rings. The van der Waals surface area contributed by atoms with Gasteiger partial charge in [0.05, 0.1) is 6.42 Å². The van der Waals surface area contributed by atoms with Crippen LogP contribution in [0.2, 0.25) is 0 Å². The minimum Gasteiger partial charge on any atom is -0.481 e. The Morgan fingerprint density at radius 2 is 1.50 bits per heavy atom. The molecular formula is C22H26FN3O4. The van der Waals surface area contributed by atoms with Crippen molar-refractivity contribution in [3.63, 3.8) is 0 Å². The van der Waals surface area contributed by atoms with E-state index in [0.29, 0.717) is 5.75 Å². The molecule has 1 unspecified atom stereocenters. The molecule has 0 saturated heterocycles. The van der Waals surface area contributed by atoms with E-state index in [9.17, 15) is 18.8 Å². The van der Waals surface area contributed by atoms with Crippen molar-refractivity contribution in [3.8, 4) is 5.75 Å². The number of nitrogens with one attached hydrogen (secondary N) is 3. The molecule has 160 valence electrons. The number of halogens is 1. The fourth-order valence-corrected chi connectivity index (χ4v) is 2.61. The Hall–Kier alpha value is -3.42. The summed E-state index contributed by atoms with van der Waals surface area (Å²) in [5.41, 5.74) is 5.43. The normalized spacial score (nSPS) is 12.6. The zero-order chi connectivity index (χ0) is 22.1. The van der Waals surface area contributed by atoms with Gasteiger partial charge in [0.15, 0.2) is 6.10 Å². The summed E-state index contributed by atoms with van der Waals surface area (Å²) < 4.78 is 18.3. The molecule has 2 rings (SSSR count). The fraction of sp³-hybridized carbons (Fsp3) is 0.318. The minimum atomic E-state index is -0.930. The van der Waals surface area contributed by atoms with Gasteiger partial charge in [0, 0.05) is 0 Å². The number of benzene rings is 2. The van der Waals surface area contributed by atoms with E-state index in [1.54, 1.807) is 13.8 Å². The lowest BCUT2D eigenvalue weighted by atomic mass is 10.0. The van der Waals surface area contributed by atoms with Crippen LogP contribution in [-0.4, -0.2) is 29.9 Å². The second-order valence-electron chi connectivity index (χ2n) is 7.14. The zero-order valence-corrected chi connectivity index (χ0v) is 17.1. The Kier molecular flexibility index (Phi) is 8.34. The van der Waals surface area contributed by atoms with Crippen LogP contribution in [0.4, 0.5) is 4.39 Å². The quantitative estimate of drug-likeness (QED) is 0.576. The lowest BCUT2D eigenvalue weighted by Gasteiger charge is -2.22. The fourth-order valence-electron chi connectivity index (χ4n) is 2.61. The smallest absolute Gasteiger partial charge is 0.279 e. The molecule has 0 aliphatic carbocycles. The Labute approximate surface area is 175 Å². The SMILES string of the molecule is CC(Oc1ccc(F)cc1)C(=O)NNC(=O)[C@@H](NC(=O)Cc1ccccc1)C(C)C. The standard InChI is InChI=1S/C22H26FN3O4/c1-14(2)20(24-19(27)13-16-7-5-4-6-8-16)22(29)26-25-21(28)15(3)30-18-11-9-17(23)10-12-18/h4-12,14-15,20H,13H2,1-3H3,(H,24,27)(H,25,28)(H,26,29)/t15?,20-/m0/s1. The maximum Gasteiger partial charge on any atom is 0.279 e. The van der Waals surface area contributed by atoms with Crippen LogP contribution >= 0.6 is 0 Å². The van der Waals surface area contributed by atoms with E-state index in [-0.39, 0.29) is 18.2 Å². The van der Waals surface area contributed by atoms with Gasteiger partial charge in [-0.3, -0.25) is 25.2 Å². The minimum absolute atomic E-state index is 0.145. The summed E-state index contributed by atoms with van der Waals surface area (Å²) in [6.45, 7) is 5.07. The molecule has 3 N–H and O–H groups in total. The molecule has 0 bridgehead atoms. The van der Waals surface area contributed by atoms with Gasteiger partial charge in [-0.25, -0.2) is 4.39 Å². The van der Waals surface area contributed by atoms with Crippen molar-refractivity contribution in [2.45, 2.75) is 39.3 Å². The Bertz CT molecular complexity index is 856. The third-order valence-corrected chi connectivity index (χ3v) is 4.28. The lowest BCUT2D eigenvalue weighted by molar-refractivity contribution is -0.135. The highest BCUT2D eigenvalue weighted by molar-refractivity contribution is 5.90. The van der Waals surface area contributed by atoms with E-state index in [2.05, 4.69) is 16.2 Å². The van der Waals surface area contributed by atoms with E-state index in [4.69, 9.17) is 4.74 Å². The number of hydrogen-bond acceptors (Lipinski definition) is 4. The number of carbonyl (C=O) groups excluding carboxylic acids is 3. The van der Waals surface area contributed by atoms with Gasteiger partial charge in [-0.2, -0.15) is 0 Å². The average molecular weight is 415 g/mol. The maximum atomic E-state index is 12.9. The Morgan fingerprint density at radius 3 is 2.10 bits per heavy atom. The van der Waals surface area contributed by atoms with Crippen LogP contribution in [0.1, 0.15) is 26.3 Å². The molecular weight excluding hydrogens is 389 g/mol. The molecule has 0 fully saturated rings. The molecule has 8 heteroatoms. The summed E-state index contributed by atoms with van der Waals surface area (Å²) in [4.78, 5) is 36.9. The summed E-state index contributed by atoms with van der Waals surface area (Å²) in [5.74, 6) is -1.73. The molecule has 0 radical (unpaired) electrons. The summed E-state index contributed by atoms with van der Waals surface area (Å²) in [5, 5.41) is 2.69. The van der Waals surface area contributed by atoms with Crippen LogP contribution < -0.4 is 20.9 Å². The zero-order valence-electron chi connectivity index (χ0n) is 17.1. The second-order valence-corrected chi connectivity index (χ2v) is 7.14. The average Bonchev–Trinajstić information content (AvgIpc) is 2.72. The van der Waals surface area contributed by atoms with Crippen molar-refractivity contribution in [1.29, 1.82) is 0 Å². The van der Waals surface area contributed by atoms with E-state index in [1.807, 2.05) is 30.3 Å². The van der Waals surface area contributed by atoms with Gasteiger partial charge in [-0.15, -0.1) is 0 Å². The number of carbonyl (C=O) groups is 3. The Balaban J connectivity index is 1.85. The van der Waals surface area contributed by atoms with Crippen LogP contribution in [0.25, 0.3) is 0 Å². The highest BCUT2D eigenvalue weighted by atomic mass is 19.1. The molecule has 2 aromatic rings. The topological polar surface area (TPSA) is 96.5 Å². The lowest BCUT2D eigenvalue weighted by Crippen LogP contribution is -2.56. The number of amides is 3. The van der Waals surface area contributed by atoms with Gasteiger partial charge in [-0.05, 0) is 42.7 Å². The molecule has 30 heavy (non-hydrogen) atoms. The van der Waals surface area contributed by atoms with Crippen molar-refractivity contribution in [3.05, 3.63) is 66.0 Å². The van der Waals surface area contributed by atoms with Gasteiger partial charge >= 0.3 is 0 Å². The van der Waals surface area contributed by atoms with Crippen LogP contribution in [0.3, 0.4) is 0 Å². The van der Waals surface area contributed by atoms with Gasteiger partial charge < -0.3 is 10.1 Å². The second kappa shape index (κ2) is 10.9. The van der Waals surface area contributed by atoms with Crippen LogP contribution in [-0.2, 0) is 20.8 Å². The first-order chi connectivity index (χ1) is 14.3. The predicted molar refractivity (Wildman–Crippen MR) is 110 cm³/mol. The number of rotatable bonds is 8. The summed E-state index contributed by atoms with van der Waals surface area (Å²) >= 11 is 0. The van der Waals surface area contributed by atoms with Crippen LogP contribution in [0, 0.1) is 11.7 Å². The van der Waals surface area contributed by atoms with Crippen LogP contribution in [0.15, 0.2) is 54.6 Å². The van der Waals surface area contributed by atoms with Gasteiger partial charge in [-0.1, -0.05) is 44.2 Å². The van der Waals surface area contributed by atoms with Crippen LogP contribution in [0.5, 0.6) is 5.75 Å². The van der Waals surface area contributed by atoms with E-state index in [1.165, 1.54) is 31.2 Å². The molecule has 7 nitrogen and oxygen atoms in total. The highest BCUT2D eigenvalue weighted by Gasteiger charge is 2.25. The molecule has 2 aromatic carbocycles. The maximum absolute atomic E-state index is 12.9. The van der Waals surface area contributed by atoms with E-state index in [0.717, 1.165) is 5.56 Å². The molecule has 0 heterocycles. The first-order valence-corrected chi connectivity index (χ1v) is 9.61. The van der Waals surface area contributed by atoms with Gasteiger partial charge in [0.2, 0.25) is 5.91 Å². The van der Waals surface area contributed by atoms with Crippen molar-refractivity contribution >= 4 is 17.7 Å². The molecule has 0 saturated carbocycles. The first kappa shape index (κ1) is 22.9. The van der Waals surface area contributed by atoms with E-state index < -0.39 is 29.8 Å². The van der Waals surface area contributed by atoms with Crippen molar-refractivity contribution in [2.75, 3.05) is 0 Å². The largest absolute Gasteiger partial charge is 0.481 e. The van der Waals surface area contributed by atoms with Gasteiger partial charge in [0.25, 0.3) is 11.8 Å². The summed E-state index contributed by atoms with van der Waals surface area (Å²) in [7, 11) is 0. The van der Waals surface area contributed by atoms with Crippen molar-refractivity contribution < 1.29 is 23.5 Å². The van der Waals surface area contributed by atoms with Crippen molar-refractivity contribution in [1.82, 2.24) is 16.2 Å². The summed E-state index contributed by atoms with van der Waals surface area (Å²) in [6, 6.07) is 13.6. The first-order valence-electron chi connectivity index (χ1n) is 9.61. The monoisotopic (exact) mass is 415 g/mol. The van der Waals surface area contributed by atoms with Gasteiger partial charge in [0.1, 0.15) is 17.6 Å². The number of ether oxygens (including phenoxy) is 1. The number of hydrazine groups is 1. The highest BCUT2D eigenvalue weighted by Crippen LogP contribution is 2.13.